The summed E-state index contributed by atoms with van der Waals surface area (Å²) >= 11 is 7.49. The molecule has 1 aromatic carbocycles. The first-order chi connectivity index (χ1) is 10.2. The van der Waals surface area contributed by atoms with Crippen molar-refractivity contribution in [1.82, 2.24) is 20.4 Å². The maximum atomic E-state index is 5.98. The number of aromatic nitrogens is 4. The molecule has 0 bridgehead atoms. The minimum Gasteiger partial charge on any atom is -0.313 e. The van der Waals surface area contributed by atoms with Gasteiger partial charge in [-0.1, -0.05) is 42.0 Å². The summed E-state index contributed by atoms with van der Waals surface area (Å²) in [6, 6.07) is 11.3. The van der Waals surface area contributed by atoms with Gasteiger partial charge >= 0.3 is 0 Å². The first-order valence-corrected chi connectivity index (χ1v) is 7.63. The van der Waals surface area contributed by atoms with Gasteiger partial charge in [0, 0.05) is 10.6 Å². The zero-order chi connectivity index (χ0) is 14.7. The van der Waals surface area contributed by atoms with Crippen molar-refractivity contribution < 1.29 is 0 Å². The average molecular weight is 318 g/mol. The third-order valence-corrected chi connectivity index (χ3v) is 4.01. The van der Waals surface area contributed by atoms with Gasteiger partial charge in [0.2, 0.25) is 5.13 Å². The highest BCUT2D eigenvalue weighted by molar-refractivity contribution is 7.15. The zero-order valence-corrected chi connectivity index (χ0v) is 12.8. The first kappa shape index (κ1) is 13.9. The van der Waals surface area contributed by atoms with Gasteiger partial charge < -0.3 is 5.32 Å². The molecule has 0 saturated heterocycles. The van der Waals surface area contributed by atoms with Crippen molar-refractivity contribution in [2.24, 2.45) is 0 Å². The van der Waals surface area contributed by atoms with Crippen LogP contribution in [0.3, 0.4) is 0 Å². The van der Waals surface area contributed by atoms with E-state index in [1.165, 1.54) is 11.3 Å². The molecule has 0 aliphatic rings. The molecule has 0 unspecified atom stereocenters. The Morgan fingerprint density at radius 2 is 2.00 bits per heavy atom. The Kier molecular flexibility index (Phi) is 4.08. The van der Waals surface area contributed by atoms with Crippen molar-refractivity contribution in [1.29, 1.82) is 0 Å². The van der Waals surface area contributed by atoms with E-state index in [1.54, 1.807) is 0 Å². The number of anilines is 2. The Morgan fingerprint density at radius 1 is 1.10 bits per heavy atom. The lowest BCUT2D eigenvalue weighted by molar-refractivity contribution is 0.981. The second-order valence-electron chi connectivity index (χ2n) is 4.29. The van der Waals surface area contributed by atoms with Crippen LogP contribution in [0.25, 0.3) is 11.3 Å². The second-order valence-corrected chi connectivity index (χ2v) is 5.79. The maximum absolute atomic E-state index is 5.98. The smallest absolute Gasteiger partial charge is 0.211 e. The SMILES string of the molecule is CCc1nnc(Nc2ccc(-c3cccc(Cl)c3)nn2)s1. The minimum absolute atomic E-state index is 0.639. The summed E-state index contributed by atoms with van der Waals surface area (Å²) in [6.45, 7) is 2.05. The largest absolute Gasteiger partial charge is 0.313 e. The summed E-state index contributed by atoms with van der Waals surface area (Å²) in [5, 5.41) is 21.9. The molecular weight excluding hydrogens is 306 g/mol. The van der Waals surface area contributed by atoms with Crippen molar-refractivity contribution in [3.05, 3.63) is 46.4 Å². The number of hydrogen-bond donors (Lipinski definition) is 1. The van der Waals surface area contributed by atoms with Crippen LogP contribution in [0.5, 0.6) is 0 Å². The Balaban J connectivity index is 1.77. The number of aryl methyl sites for hydroxylation is 1. The number of rotatable bonds is 4. The van der Waals surface area contributed by atoms with E-state index in [2.05, 4.69) is 25.7 Å². The molecule has 2 aromatic heterocycles. The van der Waals surface area contributed by atoms with Gasteiger partial charge in [0.15, 0.2) is 5.82 Å². The van der Waals surface area contributed by atoms with E-state index in [4.69, 9.17) is 11.6 Å². The molecule has 5 nitrogen and oxygen atoms in total. The Bertz CT molecular complexity index is 741. The van der Waals surface area contributed by atoms with Crippen LogP contribution >= 0.6 is 22.9 Å². The molecule has 0 atom stereocenters. The van der Waals surface area contributed by atoms with Crippen molar-refractivity contribution in [2.45, 2.75) is 13.3 Å². The van der Waals surface area contributed by atoms with E-state index >= 15 is 0 Å². The molecular formula is C14H12ClN5S. The van der Waals surface area contributed by atoms with Crippen LogP contribution in [0.15, 0.2) is 36.4 Å². The molecule has 0 aliphatic heterocycles. The van der Waals surface area contributed by atoms with Gasteiger partial charge in [-0.25, -0.2) is 0 Å². The first-order valence-electron chi connectivity index (χ1n) is 6.43. The van der Waals surface area contributed by atoms with Crippen LogP contribution in [0, 0.1) is 0 Å². The molecule has 0 fully saturated rings. The van der Waals surface area contributed by atoms with Gasteiger partial charge in [0.25, 0.3) is 0 Å². The van der Waals surface area contributed by atoms with Crippen LogP contribution in [-0.2, 0) is 6.42 Å². The zero-order valence-electron chi connectivity index (χ0n) is 11.2. The average Bonchev–Trinajstić information content (AvgIpc) is 2.96. The van der Waals surface area contributed by atoms with Crippen LogP contribution in [0.1, 0.15) is 11.9 Å². The molecule has 1 N–H and O–H groups in total. The van der Waals surface area contributed by atoms with E-state index in [-0.39, 0.29) is 0 Å². The summed E-state index contributed by atoms with van der Waals surface area (Å²) < 4.78 is 0. The molecule has 21 heavy (non-hydrogen) atoms. The molecule has 0 amide bonds. The number of halogens is 1. The van der Waals surface area contributed by atoms with Gasteiger partial charge in [-0.2, -0.15) is 0 Å². The lowest BCUT2D eigenvalue weighted by Gasteiger charge is -2.03. The van der Waals surface area contributed by atoms with Gasteiger partial charge in [0.1, 0.15) is 5.01 Å². The van der Waals surface area contributed by atoms with Crippen LogP contribution < -0.4 is 5.32 Å². The molecule has 7 heteroatoms. The molecule has 3 rings (SSSR count). The molecule has 0 radical (unpaired) electrons. The van der Waals surface area contributed by atoms with E-state index < -0.39 is 0 Å². The quantitative estimate of drug-likeness (QED) is 0.789. The summed E-state index contributed by atoms with van der Waals surface area (Å²) in [4.78, 5) is 0. The highest BCUT2D eigenvalue weighted by Crippen LogP contribution is 2.23. The standard InChI is InChI=1S/C14H12ClN5S/c1-2-13-19-20-14(21-13)16-12-7-6-11(17-18-12)9-4-3-5-10(15)8-9/h3-8H,2H2,1H3,(H,16,18,20). The molecule has 0 saturated carbocycles. The summed E-state index contributed by atoms with van der Waals surface area (Å²) in [5.41, 5.74) is 1.71. The van der Waals surface area contributed by atoms with E-state index in [0.717, 1.165) is 27.8 Å². The van der Waals surface area contributed by atoms with Crippen molar-refractivity contribution in [3.8, 4) is 11.3 Å². The number of nitrogens with zero attached hydrogens (tertiary/aromatic N) is 4. The highest BCUT2D eigenvalue weighted by atomic mass is 35.5. The second kappa shape index (κ2) is 6.15. The third kappa shape index (κ3) is 3.34. The lowest BCUT2D eigenvalue weighted by Crippen LogP contribution is -1.96. The topological polar surface area (TPSA) is 63.6 Å². The minimum atomic E-state index is 0.639. The van der Waals surface area contributed by atoms with Crippen molar-refractivity contribution in [3.63, 3.8) is 0 Å². The van der Waals surface area contributed by atoms with Gasteiger partial charge in [0.05, 0.1) is 5.69 Å². The van der Waals surface area contributed by atoms with Crippen molar-refractivity contribution in [2.75, 3.05) is 5.32 Å². The fourth-order valence-corrected chi connectivity index (χ4v) is 2.63. The number of benzene rings is 1. The van der Waals surface area contributed by atoms with E-state index in [0.29, 0.717) is 10.8 Å². The fourth-order valence-electron chi connectivity index (χ4n) is 1.76. The summed E-state index contributed by atoms with van der Waals surface area (Å²) in [5.74, 6) is 0.639. The monoisotopic (exact) mass is 317 g/mol. The summed E-state index contributed by atoms with van der Waals surface area (Å²) in [7, 11) is 0. The molecule has 106 valence electrons. The van der Waals surface area contributed by atoms with Gasteiger partial charge in [-0.3, -0.25) is 0 Å². The predicted octanol–water partition coefficient (Wildman–Crippen LogP) is 3.95. The Labute approximate surface area is 131 Å². The predicted molar refractivity (Wildman–Crippen MR) is 85.0 cm³/mol. The van der Waals surface area contributed by atoms with E-state index in [1.807, 2.05) is 43.3 Å². The third-order valence-electron chi connectivity index (χ3n) is 2.79. The van der Waals surface area contributed by atoms with Gasteiger partial charge in [-0.15, -0.1) is 20.4 Å². The number of nitrogens with one attached hydrogen (secondary N) is 1. The van der Waals surface area contributed by atoms with Crippen LogP contribution in [-0.4, -0.2) is 20.4 Å². The maximum Gasteiger partial charge on any atom is 0.211 e. The van der Waals surface area contributed by atoms with Crippen LogP contribution in [0.2, 0.25) is 5.02 Å². The molecule has 0 aliphatic carbocycles. The van der Waals surface area contributed by atoms with Gasteiger partial charge in [-0.05, 0) is 30.7 Å². The van der Waals surface area contributed by atoms with E-state index in [9.17, 15) is 0 Å². The molecule has 0 spiro atoms. The highest BCUT2D eigenvalue weighted by Gasteiger charge is 2.05. The summed E-state index contributed by atoms with van der Waals surface area (Å²) in [6.07, 6.45) is 0.874. The Hall–Kier alpha value is -2.05. The lowest BCUT2D eigenvalue weighted by atomic mass is 10.1. The molecule has 2 heterocycles. The number of hydrogen-bond acceptors (Lipinski definition) is 6. The fraction of sp³-hybridized carbons (Fsp3) is 0.143. The van der Waals surface area contributed by atoms with Crippen LogP contribution in [0.4, 0.5) is 10.9 Å². The normalized spacial score (nSPS) is 10.6. The molecule has 3 aromatic rings. The Morgan fingerprint density at radius 3 is 2.67 bits per heavy atom. The van der Waals surface area contributed by atoms with Crippen molar-refractivity contribution >= 4 is 33.9 Å².